The van der Waals surface area contributed by atoms with Gasteiger partial charge in [-0.1, -0.05) is 47.7 Å². The Labute approximate surface area is 179 Å². The van der Waals surface area contributed by atoms with E-state index < -0.39 is 6.17 Å². The van der Waals surface area contributed by atoms with Gasteiger partial charge in [0.2, 0.25) is 5.75 Å². The maximum absolute atomic E-state index is 13.3. The lowest BCUT2D eigenvalue weighted by atomic mass is 10.1. The number of methoxy groups -OCH3 is 3. The van der Waals surface area contributed by atoms with Crippen LogP contribution in [0.25, 0.3) is 11.0 Å². The van der Waals surface area contributed by atoms with Gasteiger partial charge in [-0.25, -0.2) is 4.68 Å². The van der Waals surface area contributed by atoms with Crippen LogP contribution in [0, 0.1) is 0 Å². The first-order valence-corrected chi connectivity index (χ1v) is 9.62. The number of carbonyl (C=O) groups is 1. The fourth-order valence-corrected chi connectivity index (χ4v) is 3.42. The van der Waals surface area contributed by atoms with Crippen molar-refractivity contribution in [2.24, 2.45) is 0 Å². The Bertz CT molecular complexity index is 1180. The maximum atomic E-state index is 13.3. The maximum Gasteiger partial charge on any atom is 0.253 e. The summed E-state index contributed by atoms with van der Waals surface area (Å²) in [4.78, 5) is 13.3. The second-order valence-electron chi connectivity index (χ2n) is 6.72. The summed E-state index contributed by atoms with van der Waals surface area (Å²) in [6.45, 7) is 0. The largest absolute Gasteiger partial charge is 0.493 e. The zero-order valence-electron chi connectivity index (χ0n) is 17.4. The molecule has 1 heterocycles. The number of nitrogens with zero attached hydrogens (tertiary/aromatic N) is 3. The van der Waals surface area contributed by atoms with E-state index in [0.29, 0.717) is 22.8 Å². The Morgan fingerprint density at radius 3 is 2.19 bits per heavy atom. The normalized spacial score (nSPS) is 11.7. The summed E-state index contributed by atoms with van der Waals surface area (Å²) < 4.78 is 17.8. The first-order valence-electron chi connectivity index (χ1n) is 9.62. The lowest BCUT2D eigenvalue weighted by molar-refractivity contribution is 0.0927. The molecule has 4 aromatic rings. The number of benzene rings is 3. The highest BCUT2D eigenvalue weighted by Gasteiger charge is 2.23. The van der Waals surface area contributed by atoms with E-state index in [0.717, 1.165) is 16.6 Å². The molecule has 0 bridgehead atoms. The van der Waals surface area contributed by atoms with Gasteiger partial charge in [-0.15, -0.1) is 5.10 Å². The monoisotopic (exact) mass is 418 g/mol. The van der Waals surface area contributed by atoms with Crippen molar-refractivity contribution in [3.05, 3.63) is 77.9 Å². The van der Waals surface area contributed by atoms with Gasteiger partial charge >= 0.3 is 0 Å². The molecule has 1 atom stereocenters. The summed E-state index contributed by atoms with van der Waals surface area (Å²) in [5, 5.41) is 11.6. The number of aromatic nitrogens is 3. The molecule has 1 amide bonds. The van der Waals surface area contributed by atoms with Crippen molar-refractivity contribution >= 4 is 16.9 Å². The molecule has 4 rings (SSSR count). The summed E-state index contributed by atoms with van der Waals surface area (Å²) in [5.74, 6) is 0.889. The van der Waals surface area contributed by atoms with Gasteiger partial charge in [0.1, 0.15) is 5.52 Å². The van der Waals surface area contributed by atoms with Crippen LogP contribution in [0.15, 0.2) is 66.7 Å². The van der Waals surface area contributed by atoms with Gasteiger partial charge in [0.05, 0.1) is 26.8 Å². The Morgan fingerprint density at radius 2 is 1.55 bits per heavy atom. The highest BCUT2D eigenvalue weighted by atomic mass is 16.5. The van der Waals surface area contributed by atoms with Crippen LogP contribution in [0.2, 0.25) is 0 Å². The number of amides is 1. The Hall–Kier alpha value is -4.07. The van der Waals surface area contributed by atoms with Crippen molar-refractivity contribution in [2.45, 2.75) is 6.17 Å². The number of para-hydroxylation sites is 1. The molecule has 1 aromatic heterocycles. The number of hydrogen-bond donors (Lipinski definition) is 1. The first kappa shape index (κ1) is 20.2. The Morgan fingerprint density at radius 1 is 0.903 bits per heavy atom. The zero-order chi connectivity index (χ0) is 21.8. The molecule has 8 nitrogen and oxygen atoms in total. The number of rotatable bonds is 7. The number of ether oxygens (including phenoxy) is 3. The third kappa shape index (κ3) is 3.87. The molecule has 0 aliphatic carbocycles. The van der Waals surface area contributed by atoms with Crippen LogP contribution in [-0.2, 0) is 0 Å². The molecule has 8 heteroatoms. The summed E-state index contributed by atoms with van der Waals surface area (Å²) in [5.41, 5.74) is 2.77. The number of carbonyl (C=O) groups excluding carboxylic acids is 1. The molecule has 0 saturated carbocycles. The fraction of sp³-hybridized carbons (Fsp3) is 0.174. The summed E-state index contributed by atoms with van der Waals surface area (Å²) in [6, 6.07) is 20.4. The van der Waals surface area contributed by atoms with Crippen LogP contribution < -0.4 is 19.5 Å². The SMILES string of the molecule is COc1cc(C(=O)N[C@@H](c2ccccc2)n2nnc3ccccc32)cc(OC)c1OC. The standard InChI is InChI=1S/C23H22N4O4/c1-29-19-13-16(14-20(30-2)21(19)31-3)23(28)24-22(15-9-5-4-6-10-15)27-18-12-8-7-11-17(18)25-26-27/h4-14,22H,1-3H3,(H,24,28)/t22-/m1/s1. The second kappa shape index (κ2) is 8.74. The van der Waals surface area contributed by atoms with E-state index >= 15 is 0 Å². The summed E-state index contributed by atoms with van der Waals surface area (Å²) in [6.07, 6.45) is -0.569. The lowest BCUT2D eigenvalue weighted by Crippen LogP contribution is -2.34. The zero-order valence-corrected chi connectivity index (χ0v) is 17.4. The summed E-state index contributed by atoms with van der Waals surface area (Å²) >= 11 is 0. The fourth-order valence-electron chi connectivity index (χ4n) is 3.42. The molecular weight excluding hydrogens is 396 g/mol. The van der Waals surface area contributed by atoms with E-state index in [1.807, 2.05) is 54.6 Å². The van der Waals surface area contributed by atoms with Crippen LogP contribution in [0.1, 0.15) is 22.1 Å². The third-order valence-electron chi connectivity index (χ3n) is 4.93. The highest BCUT2D eigenvalue weighted by molar-refractivity contribution is 5.96. The molecule has 31 heavy (non-hydrogen) atoms. The van der Waals surface area contributed by atoms with Crippen LogP contribution >= 0.6 is 0 Å². The number of nitrogens with one attached hydrogen (secondary N) is 1. The molecule has 0 aliphatic rings. The van der Waals surface area contributed by atoms with Crippen molar-refractivity contribution in [2.75, 3.05) is 21.3 Å². The van der Waals surface area contributed by atoms with E-state index in [1.54, 1.807) is 16.8 Å². The number of hydrogen-bond acceptors (Lipinski definition) is 6. The van der Waals surface area contributed by atoms with Crippen molar-refractivity contribution in [1.29, 1.82) is 0 Å². The van der Waals surface area contributed by atoms with Gasteiger partial charge in [0.25, 0.3) is 5.91 Å². The van der Waals surface area contributed by atoms with Crippen LogP contribution in [0.5, 0.6) is 17.2 Å². The van der Waals surface area contributed by atoms with Crippen LogP contribution in [0.3, 0.4) is 0 Å². The predicted octanol–water partition coefficient (Wildman–Crippen LogP) is 3.43. The smallest absolute Gasteiger partial charge is 0.253 e. The van der Waals surface area contributed by atoms with E-state index in [-0.39, 0.29) is 5.91 Å². The van der Waals surface area contributed by atoms with Gasteiger partial charge in [-0.3, -0.25) is 4.79 Å². The van der Waals surface area contributed by atoms with Crippen molar-refractivity contribution in [1.82, 2.24) is 20.3 Å². The topological polar surface area (TPSA) is 87.5 Å². The minimum Gasteiger partial charge on any atom is -0.493 e. The van der Waals surface area contributed by atoms with Crippen LogP contribution in [-0.4, -0.2) is 42.2 Å². The van der Waals surface area contributed by atoms with Gasteiger partial charge < -0.3 is 19.5 Å². The molecular formula is C23H22N4O4. The quantitative estimate of drug-likeness (QED) is 0.495. The molecule has 0 saturated heterocycles. The molecule has 0 radical (unpaired) electrons. The van der Waals surface area contributed by atoms with Crippen molar-refractivity contribution in [3.8, 4) is 17.2 Å². The minimum atomic E-state index is -0.569. The number of fused-ring (bicyclic) bond motifs is 1. The van der Waals surface area contributed by atoms with E-state index in [4.69, 9.17) is 14.2 Å². The first-order chi connectivity index (χ1) is 15.2. The van der Waals surface area contributed by atoms with Gasteiger partial charge in [0, 0.05) is 5.56 Å². The molecule has 0 fully saturated rings. The third-order valence-corrected chi connectivity index (χ3v) is 4.93. The van der Waals surface area contributed by atoms with Crippen molar-refractivity contribution < 1.29 is 19.0 Å². The average molecular weight is 418 g/mol. The Balaban J connectivity index is 1.75. The highest BCUT2D eigenvalue weighted by Crippen LogP contribution is 2.38. The minimum absolute atomic E-state index is 0.326. The predicted molar refractivity (Wildman–Crippen MR) is 116 cm³/mol. The van der Waals surface area contributed by atoms with E-state index in [9.17, 15) is 4.79 Å². The second-order valence-corrected chi connectivity index (χ2v) is 6.72. The molecule has 1 N–H and O–H groups in total. The van der Waals surface area contributed by atoms with Gasteiger partial charge in [-0.2, -0.15) is 0 Å². The summed E-state index contributed by atoms with van der Waals surface area (Å²) in [7, 11) is 4.53. The molecule has 0 aliphatic heterocycles. The van der Waals surface area contributed by atoms with Gasteiger partial charge in [0.15, 0.2) is 17.7 Å². The van der Waals surface area contributed by atoms with Crippen molar-refractivity contribution in [3.63, 3.8) is 0 Å². The molecule has 158 valence electrons. The lowest BCUT2D eigenvalue weighted by Gasteiger charge is -2.21. The molecule has 3 aromatic carbocycles. The van der Waals surface area contributed by atoms with E-state index in [1.165, 1.54) is 21.3 Å². The molecule has 0 unspecified atom stereocenters. The van der Waals surface area contributed by atoms with Gasteiger partial charge in [-0.05, 0) is 29.8 Å². The van der Waals surface area contributed by atoms with E-state index in [2.05, 4.69) is 15.6 Å². The van der Waals surface area contributed by atoms with Crippen LogP contribution in [0.4, 0.5) is 0 Å². The average Bonchev–Trinajstić information content (AvgIpc) is 3.25. The Kier molecular flexibility index (Phi) is 5.70. The molecule has 0 spiro atoms.